The van der Waals surface area contributed by atoms with Crippen LogP contribution < -0.4 is 10.6 Å². The Hall–Kier alpha value is -3.23. The van der Waals surface area contributed by atoms with E-state index < -0.39 is 0 Å². The maximum absolute atomic E-state index is 12.0. The third-order valence-corrected chi connectivity index (χ3v) is 3.63. The molecule has 1 amide bonds. The van der Waals surface area contributed by atoms with Gasteiger partial charge in [-0.1, -0.05) is 40.5 Å². The maximum atomic E-state index is 12.0. The first kappa shape index (κ1) is 17.6. The SMILES string of the molecule is CNc1nnc(CCCCc2nnc(NC(=O)Cc3ccccc3)o2)o1. The molecule has 0 fully saturated rings. The molecule has 0 aliphatic heterocycles. The molecule has 0 aliphatic rings. The molecule has 26 heavy (non-hydrogen) atoms. The number of aryl methyl sites for hydroxylation is 2. The molecule has 0 aliphatic carbocycles. The summed E-state index contributed by atoms with van der Waals surface area (Å²) in [4.78, 5) is 12.0. The van der Waals surface area contributed by atoms with Crippen molar-refractivity contribution in [3.63, 3.8) is 0 Å². The van der Waals surface area contributed by atoms with Gasteiger partial charge in [0.1, 0.15) is 0 Å². The van der Waals surface area contributed by atoms with Crippen molar-refractivity contribution in [3.8, 4) is 0 Å². The third-order valence-electron chi connectivity index (χ3n) is 3.63. The number of unbranched alkanes of at least 4 members (excludes halogenated alkanes) is 1. The first-order valence-electron chi connectivity index (χ1n) is 8.39. The summed E-state index contributed by atoms with van der Waals surface area (Å²) in [6.45, 7) is 0. The Labute approximate surface area is 150 Å². The molecule has 2 heterocycles. The lowest BCUT2D eigenvalue weighted by molar-refractivity contribution is -0.115. The van der Waals surface area contributed by atoms with Gasteiger partial charge in [-0.2, -0.15) is 0 Å². The molecule has 0 unspecified atom stereocenters. The molecule has 2 aromatic heterocycles. The highest BCUT2D eigenvalue weighted by molar-refractivity contribution is 5.90. The number of nitrogens with one attached hydrogen (secondary N) is 2. The summed E-state index contributed by atoms with van der Waals surface area (Å²) >= 11 is 0. The summed E-state index contributed by atoms with van der Waals surface area (Å²) in [5.41, 5.74) is 0.923. The van der Waals surface area contributed by atoms with E-state index in [1.807, 2.05) is 30.3 Å². The van der Waals surface area contributed by atoms with Crippen LogP contribution in [0.1, 0.15) is 30.2 Å². The zero-order valence-corrected chi connectivity index (χ0v) is 14.4. The van der Waals surface area contributed by atoms with Gasteiger partial charge in [-0.15, -0.1) is 10.2 Å². The Bertz CT molecular complexity index is 830. The first-order valence-corrected chi connectivity index (χ1v) is 8.39. The minimum absolute atomic E-state index is 0.122. The van der Waals surface area contributed by atoms with Crippen LogP contribution in [0, 0.1) is 0 Å². The monoisotopic (exact) mass is 356 g/mol. The normalized spacial score (nSPS) is 10.7. The van der Waals surface area contributed by atoms with Gasteiger partial charge in [0.25, 0.3) is 0 Å². The molecule has 3 rings (SSSR count). The van der Waals surface area contributed by atoms with Crippen LogP contribution in [0.3, 0.4) is 0 Å². The predicted octanol–water partition coefficient (Wildman–Crippen LogP) is 2.24. The van der Waals surface area contributed by atoms with Crippen molar-refractivity contribution in [2.45, 2.75) is 32.1 Å². The van der Waals surface area contributed by atoms with E-state index in [4.69, 9.17) is 8.83 Å². The van der Waals surface area contributed by atoms with Crippen LogP contribution in [0.15, 0.2) is 39.2 Å². The fourth-order valence-corrected chi connectivity index (χ4v) is 2.36. The molecular formula is C17H20N6O3. The van der Waals surface area contributed by atoms with Gasteiger partial charge in [0.2, 0.25) is 17.7 Å². The molecule has 0 atom stereocenters. The molecular weight excluding hydrogens is 336 g/mol. The Morgan fingerprint density at radius 1 is 0.923 bits per heavy atom. The van der Waals surface area contributed by atoms with Crippen molar-refractivity contribution in [1.82, 2.24) is 20.4 Å². The van der Waals surface area contributed by atoms with E-state index >= 15 is 0 Å². The number of hydrogen-bond acceptors (Lipinski definition) is 8. The molecule has 0 bridgehead atoms. The number of amides is 1. The Balaban J connectivity index is 1.39. The van der Waals surface area contributed by atoms with Crippen LogP contribution in [-0.4, -0.2) is 33.3 Å². The third kappa shape index (κ3) is 5.13. The summed E-state index contributed by atoms with van der Waals surface area (Å²) in [6.07, 6.45) is 3.25. The van der Waals surface area contributed by atoms with Crippen LogP contribution in [0.25, 0.3) is 0 Å². The zero-order valence-electron chi connectivity index (χ0n) is 14.4. The number of rotatable bonds is 9. The van der Waals surface area contributed by atoms with E-state index in [9.17, 15) is 4.79 Å². The highest BCUT2D eigenvalue weighted by Gasteiger charge is 2.11. The molecule has 0 saturated carbocycles. The summed E-state index contributed by atoms with van der Waals surface area (Å²) in [7, 11) is 1.73. The smallest absolute Gasteiger partial charge is 0.322 e. The number of hydrogen-bond donors (Lipinski definition) is 2. The quantitative estimate of drug-likeness (QED) is 0.560. The van der Waals surface area contributed by atoms with Crippen molar-refractivity contribution in [2.24, 2.45) is 0 Å². The highest BCUT2D eigenvalue weighted by atomic mass is 16.4. The van der Waals surface area contributed by atoms with Crippen molar-refractivity contribution in [1.29, 1.82) is 0 Å². The highest BCUT2D eigenvalue weighted by Crippen LogP contribution is 2.12. The van der Waals surface area contributed by atoms with Gasteiger partial charge in [0, 0.05) is 19.9 Å². The van der Waals surface area contributed by atoms with E-state index in [-0.39, 0.29) is 18.3 Å². The van der Waals surface area contributed by atoms with Gasteiger partial charge < -0.3 is 14.2 Å². The van der Waals surface area contributed by atoms with Gasteiger partial charge in [-0.05, 0) is 18.4 Å². The summed E-state index contributed by atoms with van der Waals surface area (Å²) in [6, 6.07) is 10.00. The van der Waals surface area contributed by atoms with Crippen LogP contribution >= 0.6 is 0 Å². The maximum Gasteiger partial charge on any atom is 0.322 e. The predicted molar refractivity (Wildman–Crippen MR) is 93.6 cm³/mol. The molecule has 2 N–H and O–H groups in total. The number of carbonyl (C=O) groups is 1. The van der Waals surface area contributed by atoms with Crippen molar-refractivity contribution in [2.75, 3.05) is 17.7 Å². The van der Waals surface area contributed by atoms with Crippen LogP contribution in [0.5, 0.6) is 0 Å². The van der Waals surface area contributed by atoms with Gasteiger partial charge in [-0.25, -0.2) is 0 Å². The lowest BCUT2D eigenvalue weighted by atomic mass is 10.1. The Morgan fingerprint density at radius 2 is 1.54 bits per heavy atom. The summed E-state index contributed by atoms with van der Waals surface area (Å²) in [5.74, 6) is 0.887. The number of nitrogens with zero attached hydrogens (tertiary/aromatic N) is 4. The molecule has 0 spiro atoms. The van der Waals surface area contributed by atoms with Crippen LogP contribution in [-0.2, 0) is 24.1 Å². The second-order valence-electron chi connectivity index (χ2n) is 5.67. The fourth-order valence-electron chi connectivity index (χ4n) is 2.36. The molecule has 0 radical (unpaired) electrons. The van der Waals surface area contributed by atoms with Crippen molar-refractivity contribution >= 4 is 17.9 Å². The minimum atomic E-state index is -0.192. The number of aromatic nitrogens is 4. The minimum Gasteiger partial charge on any atom is -0.408 e. The van der Waals surface area contributed by atoms with E-state index in [2.05, 4.69) is 31.0 Å². The Morgan fingerprint density at radius 3 is 2.15 bits per heavy atom. The zero-order chi connectivity index (χ0) is 18.2. The van der Waals surface area contributed by atoms with Gasteiger partial charge in [0.05, 0.1) is 6.42 Å². The number of benzene rings is 1. The van der Waals surface area contributed by atoms with Crippen LogP contribution in [0.4, 0.5) is 12.0 Å². The van der Waals surface area contributed by atoms with E-state index in [1.165, 1.54) is 0 Å². The first-order chi connectivity index (χ1) is 12.7. The second-order valence-corrected chi connectivity index (χ2v) is 5.67. The lowest BCUT2D eigenvalue weighted by Gasteiger charge is -2.00. The molecule has 9 heteroatoms. The van der Waals surface area contributed by atoms with E-state index in [1.54, 1.807) is 7.05 Å². The van der Waals surface area contributed by atoms with E-state index in [0.29, 0.717) is 30.6 Å². The fraction of sp³-hybridized carbons (Fsp3) is 0.353. The largest absolute Gasteiger partial charge is 0.408 e. The van der Waals surface area contributed by atoms with Crippen molar-refractivity contribution < 1.29 is 13.6 Å². The second kappa shape index (κ2) is 8.75. The summed E-state index contributed by atoms with van der Waals surface area (Å²) < 4.78 is 10.8. The standard InChI is InChI=1S/C17H20N6O3/c1-18-16-22-20-14(25-16)9-5-6-10-15-21-23-17(26-15)19-13(24)11-12-7-3-2-4-8-12/h2-4,7-8H,5-6,9-11H2,1H3,(H,18,22)(H,19,23,24). The lowest BCUT2D eigenvalue weighted by Crippen LogP contribution is -2.14. The molecule has 3 aromatic rings. The van der Waals surface area contributed by atoms with E-state index in [0.717, 1.165) is 18.4 Å². The molecule has 1 aromatic carbocycles. The van der Waals surface area contributed by atoms with Crippen LogP contribution in [0.2, 0.25) is 0 Å². The van der Waals surface area contributed by atoms with Gasteiger partial charge in [-0.3, -0.25) is 10.1 Å². The topological polar surface area (TPSA) is 119 Å². The Kier molecular flexibility index (Phi) is 5.92. The molecule has 9 nitrogen and oxygen atoms in total. The van der Waals surface area contributed by atoms with Gasteiger partial charge in [0.15, 0.2) is 0 Å². The molecule has 0 saturated heterocycles. The number of carbonyl (C=O) groups excluding carboxylic acids is 1. The average molecular weight is 356 g/mol. The van der Waals surface area contributed by atoms with Crippen molar-refractivity contribution in [3.05, 3.63) is 47.7 Å². The summed E-state index contributed by atoms with van der Waals surface area (Å²) in [5, 5.41) is 21.0. The average Bonchev–Trinajstić information content (AvgIpc) is 3.29. The number of anilines is 2. The van der Waals surface area contributed by atoms with Gasteiger partial charge >= 0.3 is 12.0 Å². The molecule has 136 valence electrons.